The minimum absolute atomic E-state index is 0. The van der Waals surface area contributed by atoms with Crippen LogP contribution in [0.2, 0.25) is 5.02 Å². The zero-order chi connectivity index (χ0) is 26.9. The number of carbonyl (C=O) groups is 2. The van der Waals surface area contributed by atoms with E-state index in [9.17, 15) is 9.59 Å². The second-order valence-electron chi connectivity index (χ2n) is 9.57. The summed E-state index contributed by atoms with van der Waals surface area (Å²) >= 11 is 6.10. The molecule has 0 radical (unpaired) electrons. The van der Waals surface area contributed by atoms with Crippen molar-refractivity contribution < 1.29 is 14.3 Å². The van der Waals surface area contributed by atoms with Crippen LogP contribution in [0.3, 0.4) is 0 Å². The Morgan fingerprint density at radius 2 is 1.44 bits per heavy atom. The quantitative estimate of drug-likeness (QED) is 0.329. The lowest BCUT2D eigenvalue weighted by Gasteiger charge is -2.39. The molecule has 0 bridgehead atoms. The number of likely N-dealkylation sites (N-methyl/N-ethyl adjacent to an activating group) is 1. The lowest BCUT2D eigenvalue weighted by Crippen LogP contribution is -2.49. The van der Waals surface area contributed by atoms with Crippen molar-refractivity contribution in [3.63, 3.8) is 0 Å². The van der Waals surface area contributed by atoms with Gasteiger partial charge in [-0.05, 0) is 29.3 Å². The molecule has 224 valence electrons. The molecule has 0 aromatic heterocycles. The molecule has 1 aliphatic rings. The van der Waals surface area contributed by atoms with Gasteiger partial charge in [0.05, 0.1) is 11.6 Å². The summed E-state index contributed by atoms with van der Waals surface area (Å²) in [5.41, 5.74) is 2.96. The highest BCUT2D eigenvalue weighted by atomic mass is 35.5. The number of hydrogen-bond donors (Lipinski definition) is 1. The van der Waals surface area contributed by atoms with E-state index < -0.39 is 0 Å². The number of hydrogen-bond acceptors (Lipinski definition) is 5. The number of halogens is 4. The van der Waals surface area contributed by atoms with E-state index in [4.69, 9.17) is 16.3 Å². The first-order valence-corrected chi connectivity index (χ1v) is 13.3. The first kappa shape index (κ1) is 36.5. The molecule has 1 saturated heterocycles. The summed E-state index contributed by atoms with van der Waals surface area (Å²) in [6.45, 7) is 4.84. The van der Waals surface area contributed by atoms with Crippen LogP contribution in [0.25, 0.3) is 0 Å². The molecule has 0 spiro atoms. The minimum atomic E-state index is -0.249. The molecule has 1 fully saturated rings. The van der Waals surface area contributed by atoms with Gasteiger partial charge in [0, 0.05) is 58.4 Å². The van der Waals surface area contributed by atoms with E-state index in [2.05, 4.69) is 75.8 Å². The number of benzene rings is 3. The highest BCUT2D eigenvalue weighted by Crippen LogP contribution is 2.29. The van der Waals surface area contributed by atoms with Gasteiger partial charge in [-0.1, -0.05) is 72.3 Å². The third-order valence-electron chi connectivity index (χ3n) is 6.75. The Bertz CT molecular complexity index is 1170. The minimum Gasteiger partial charge on any atom is -0.483 e. The van der Waals surface area contributed by atoms with Crippen molar-refractivity contribution in [2.45, 2.75) is 6.04 Å². The molecule has 3 aromatic rings. The monoisotopic (exact) mass is 642 g/mol. The Balaban J connectivity index is 0.00000280. The van der Waals surface area contributed by atoms with Crippen molar-refractivity contribution >= 4 is 60.6 Å². The maximum Gasteiger partial charge on any atom is 0.259 e. The average Bonchev–Trinajstić information content (AvgIpc) is 2.94. The van der Waals surface area contributed by atoms with E-state index in [0.717, 1.165) is 32.7 Å². The van der Waals surface area contributed by atoms with Gasteiger partial charge < -0.3 is 15.0 Å². The summed E-state index contributed by atoms with van der Waals surface area (Å²) in [4.78, 5) is 31.2. The van der Waals surface area contributed by atoms with Gasteiger partial charge in [0.1, 0.15) is 5.75 Å². The van der Waals surface area contributed by atoms with E-state index in [1.54, 1.807) is 32.3 Å². The van der Waals surface area contributed by atoms with Crippen LogP contribution in [0.15, 0.2) is 78.9 Å². The highest BCUT2D eigenvalue weighted by molar-refractivity contribution is 6.30. The van der Waals surface area contributed by atoms with Crippen molar-refractivity contribution in [1.29, 1.82) is 0 Å². The molecule has 1 aliphatic heterocycles. The Kier molecular flexibility index (Phi) is 16.1. The maximum atomic E-state index is 12.9. The van der Waals surface area contributed by atoms with Gasteiger partial charge in [-0.25, -0.2) is 0 Å². The molecule has 0 atom stereocenters. The van der Waals surface area contributed by atoms with Crippen molar-refractivity contribution in [2.24, 2.45) is 0 Å². The van der Waals surface area contributed by atoms with Crippen molar-refractivity contribution in [3.8, 4) is 5.75 Å². The smallest absolute Gasteiger partial charge is 0.259 e. The summed E-state index contributed by atoms with van der Waals surface area (Å²) in [6, 6.07) is 26.4. The summed E-state index contributed by atoms with van der Waals surface area (Å²) in [7, 11) is 3.31. The molecule has 41 heavy (non-hydrogen) atoms. The van der Waals surface area contributed by atoms with Gasteiger partial charge in [0.25, 0.3) is 11.8 Å². The van der Waals surface area contributed by atoms with E-state index in [-0.39, 0.29) is 61.7 Å². The van der Waals surface area contributed by atoms with Crippen molar-refractivity contribution in [1.82, 2.24) is 20.0 Å². The molecule has 7 nitrogen and oxygen atoms in total. The molecule has 0 aliphatic carbocycles. The van der Waals surface area contributed by atoms with Crippen LogP contribution in [0.4, 0.5) is 0 Å². The van der Waals surface area contributed by atoms with Crippen molar-refractivity contribution in [2.75, 3.05) is 60.0 Å². The zero-order valence-corrected chi connectivity index (χ0v) is 26.4. The summed E-state index contributed by atoms with van der Waals surface area (Å²) < 4.78 is 5.61. The fourth-order valence-corrected chi connectivity index (χ4v) is 4.79. The molecule has 2 amide bonds. The zero-order valence-electron chi connectivity index (χ0n) is 23.2. The molecule has 4 rings (SSSR count). The van der Waals surface area contributed by atoms with Gasteiger partial charge >= 0.3 is 0 Å². The topological polar surface area (TPSA) is 65.1 Å². The predicted molar refractivity (Wildman–Crippen MR) is 172 cm³/mol. The normalized spacial score (nSPS) is 13.3. The van der Waals surface area contributed by atoms with Gasteiger partial charge in [0.15, 0.2) is 6.61 Å². The summed E-state index contributed by atoms with van der Waals surface area (Å²) in [5.74, 6) is -0.148. The Hall–Kier alpha value is -2.52. The van der Waals surface area contributed by atoms with Crippen LogP contribution >= 0.6 is 48.8 Å². The number of ether oxygens (including phenoxy) is 1. The summed E-state index contributed by atoms with van der Waals surface area (Å²) in [5, 5.41) is 3.43. The average molecular weight is 644 g/mol. The lowest BCUT2D eigenvalue weighted by atomic mass is 9.96. The predicted octanol–water partition coefficient (Wildman–Crippen LogP) is 5.21. The lowest BCUT2D eigenvalue weighted by molar-refractivity contribution is -0.130. The summed E-state index contributed by atoms with van der Waals surface area (Å²) in [6.07, 6.45) is 0. The number of rotatable bonds is 10. The van der Waals surface area contributed by atoms with Crippen LogP contribution in [-0.4, -0.2) is 86.5 Å². The Morgan fingerprint density at radius 3 is 1.98 bits per heavy atom. The van der Waals surface area contributed by atoms with Crippen molar-refractivity contribution in [3.05, 3.63) is 101 Å². The number of carbonyl (C=O) groups excluding carboxylic acids is 2. The van der Waals surface area contributed by atoms with E-state index in [0.29, 0.717) is 22.9 Å². The Morgan fingerprint density at radius 1 is 0.878 bits per heavy atom. The van der Waals surface area contributed by atoms with E-state index in [1.165, 1.54) is 16.0 Å². The number of piperazine rings is 1. The largest absolute Gasteiger partial charge is 0.483 e. The SMILES string of the molecule is CN(C)C(=O)COc1cc(Cl)ccc1C(=O)NCCN1CCN(C(c2ccccc2)c2ccccc2)CC1.Cl.Cl.Cl. The van der Waals surface area contributed by atoms with Gasteiger partial charge in [-0.2, -0.15) is 0 Å². The molecular formula is C30H38Cl4N4O3. The standard InChI is InChI=1S/C30H35ClN4O3.3ClH/c1-33(2)28(36)22-38-27-21-25(31)13-14-26(27)30(37)32-15-16-34-17-19-35(20-18-34)29(23-9-5-3-6-10-23)24-11-7-4-8-12-24;;;/h3-14,21,29H,15-20,22H2,1-2H3,(H,32,37);3*1H. The van der Waals surface area contributed by atoms with Gasteiger partial charge in [0.2, 0.25) is 0 Å². The van der Waals surface area contributed by atoms with Crippen LogP contribution in [0, 0.1) is 0 Å². The van der Waals surface area contributed by atoms with Crippen LogP contribution < -0.4 is 10.1 Å². The second-order valence-corrected chi connectivity index (χ2v) is 10.0. The molecule has 0 saturated carbocycles. The number of nitrogens with zero attached hydrogens (tertiary/aromatic N) is 3. The van der Waals surface area contributed by atoms with E-state index in [1.807, 2.05) is 0 Å². The highest BCUT2D eigenvalue weighted by Gasteiger charge is 2.26. The third kappa shape index (κ3) is 10.4. The van der Waals surface area contributed by atoms with Gasteiger partial charge in [-0.3, -0.25) is 19.4 Å². The van der Waals surface area contributed by atoms with Crippen LogP contribution in [0.5, 0.6) is 5.75 Å². The first-order valence-electron chi connectivity index (χ1n) is 12.9. The number of amides is 2. The third-order valence-corrected chi connectivity index (χ3v) is 6.99. The molecule has 0 unspecified atom stereocenters. The molecule has 3 aromatic carbocycles. The molecule has 1 N–H and O–H groups in total. The fraction of sp³-hybridized carbons (Fsp3) is 0.333. The molecular weight excluding hydrogens is 606 g/mol. The Labute approximate surface area is 266 Å². The molecule has 1 heterocycles. The van der Waals surface area contributed by atoms with E-state index >= 15 is 0 Å². The first-order chi connectivity index (χ1) is 18.4. The number of nitrogens with one attached hydrogen (secondary N) is 1. The van der Waals surface area contributed by atoms with Crippen LogP contribution in [-0.2, 0) is 4.79 Å². The fourth-order valence-electron chi connectivity index (χ4n) is 4.62. The maximum absolute atomic E-state index is 12.9. The van der Waals surface area contributed by atoms with Crippen LogP contribution in [0.1, 0.15) is 27.5 Å². The van der Waals surface area contributed by atoms with Gasteiger partial charge in [-0.15, -0.1) is 37.2 Å². The second kappa shape index (κ2) is 18.1. The molecule has 11 heteroatoms.